The molecule has 1 saturated heterocycles. The van der Waals surface area contributed by atoms with Crippen LogP contribution < -0.4 is 16.0 Å². The van der Waals surface area contributed by atoms with E-state index in [0.29, 0.717) is 12.1 Å². The maximum Gasteiger partial charge on any atom is 0.236 e. The van der Waals surface area contributed by atoms with Crippen LogP contribution in [-0.2, 0) is 4.79 Å². The summed E-state index contributed by atoms with van der Waals surface area (Å²) in [5.74, 6) is 0.0581. The lowest BCUT2D eigenvalue weighted by molar-refractivity contribution is -0.122. The van der Waals surface area contributed by atoms with Crippen molar-refractivity contribution in [2.24, 2.45) is 0 Å². The van der Waals surface area contributed by atoms with E-state index in [-0.39, 0.29) is 11.9 Å². The third kappa shape index (κ3) is 2.96. The maximum absolute atomic E-state index is 11.3. The number of piperidine rings is 1. The lowest BCUT2D eigenvalue weighted by Crippen LogP contribution is -2.55. The molecule has 4 nitrogen and oxygen atoms in total. The molecule has 0 saturated carbocycles. The average molecular weight is 199 g/mol. The molecule has 1 rings (SSSR count). The molecule has 1 heterocycles. The van der Waals surface area contributed by atoms with E-state index < -0.39 is 0 Å². The van der Waals surface area contributed by atoms with Crippen LogP contribution in [0.1, 0.15) is 26.7 Å². The van der Waals surface area contributed by atoms with Gasteiger partial charge in [0.25, 0.3) is 0 Å². The highest BCUT2D eigenvalue weighted by Gasteiger charge is 2.23. The second-order valence-electron chi connectivity index (χ2n) is 3.99. The lowest BCUT2D eigenvalue weighted by atomic mass is 9.99. The normalized spacial score (nSPS) is 29.6. The smallest absolute Gasteiger partial charge is 0.236 e. The second kappa shape index (κ2) is 5.32. The van der Waals surface area contributed by atoms with E-state index in [0.717, 1.165) is 13.0 Å². The number of carbonyl (C=O) groups is 1. The van der Waals surface area contributed by atoms with Crippen molar-refractivity contribution in [3.8, 4) is 0 Å². The monoisotopic (exact) mass is 199 g/mol. The molecule has 1 amide bonds. The molecule has 3 unspecified atom stereocenters. The Hall–Kier alpha value is -0.610. The first-order valence-electron chi connectivity index (χ1n) is 5.36. The van der Waals surface area contributed by atoms with Gasteiger partial charge in [-0.1, -0.05) is 0 Å². The summed E-state index contributed by atoms with van der Waals surface area (Å²) >= 11 is 0. The second-order valence-corrected chi connectivity index (χ2v) is 3.99. The van der Waals surface area contributed by atoms with Crippen LogP contribution in [0.15, 0.2) is 0 Å². The summed E-state index contributed by atoms with van der Waals surface area (Å²) in [6.45, 7) is 5.15. The van der Waals surface area contributed by atoms with Crippen LogP contribution >= 0.6 is 0 Å². The van der Waals surface area contributed by atoms with Gasteiger partial charge in [0.1, 0.15) is 0 Å². The zero-order chi connectivity index (χ0) is 10.6. The third-order valence-electron chi connectivity index (χ3n) is 2.87. The molecule has 3 N–H and O–H groups in total. The highest BCUT2D eigenvalue weighted by atomic mass is 16.2. The van der Waals surface area contributed by atoms with Crippen molar-refractivity contribution in [3.05, 3.63) is 0 Å². The highest BCUT2D eigenvalue weighted by molar-refractivity contribution is 5.80. The van der Waals surface area contributed by atoms with Crippen molar-refractivity contribution in [1.29, 1.82) is 0 Å². The summed E-state index contributed by atoms with van der Waals surface area (Å²) < 4.78 is 0. The van der Waals surface area contributed by atoms with Crippen LogP contribution in [-0.4, -0.2) is 37.6 Å². The Kier molecular flexibility index (Phi) is 4.35. The number of rotatable bonds is 3. The minimum absolute atomic E-state index is 0.0581. The molecule has 4 heteroatoms. The Morgan fingerprint density at radius 1 is 1.57 bits per heavy atom. The average Bonchev–Trinajstić information content (AvgIpc) is 2.20. The molecule has 0 radical (unpaired) electrons. The summed E-state index contributed by atoms with van der Waals surface area (Å²) in [7, 11) is 1.67. The minimum atomic E-state index is -0.104. The van der Waals surface area contributed by atoms with Crippen LogP contribution in [0.2, 0.25) is 0 Å². The zero-order valence-corrected chi connectivity index (χ0v) is 9.26. The van der Waals surface area contributed by atoms with Crippen LogP contribution in [0.5, 0.6) is 0 Å². The summed E-state index contributed by atoms with van der Waals surface area (Å²) in [4.78, 5) is 11.3. The molecule has 0 bridgehead atoms. The van der Waals surface area contributed by atoms with E-state index in [1.54, 1.807) is 7.05 Å². The van der Waals surface area contributed by atoms with Crippen LogP contribution in [0.25, 0.3) is 0 Å². The van der Waals surface area contributed by atoms with E-state index in [1.165, 1.54) is 6.42 Å². The largest absolute Gasteiger partial charge is 0.358 e. The standard InChI is InChI=1S/C10H21N3O/c1-7-9(5-4-6-12-7)13-8(2)10(14)11-3/h7-9,12-13H,4-6H2,1-3H3,(H,11,14). The van der Waals surface area contributed by atoms with Crippen molar-refractivity contribution in [1.82, 2.24) is 16.0 Å². The number of carbonyl (C=O) groups excluding carboxylic acids is 1. The number of nitrogens with one attached hydrogen (secondary N) is 3. The fraction of sp³-hybridized carbons (Fsp3) is 0.900. The SMILES string of the molecule is CNC(=O)C(C)NC1CCCNC1C. The van der Waals surface area contributed by atoms with Crippen LogP contribution in [0.4, 0.5) is 0 Å². The molecule has 1 aliphatic heterocycles. The van der Waals surface area contributed by atoms with E-state index in [4.69, 9.17) is 0 Å². The Balaban J connectivity index is 2.38. The Morgan fingerprint density at radius 3 is 2.86 bits per heavy atom. The molecule has 3 atom stereocenters. The summed E-state index contributed by atoms with van der Waals surface area (Å²) in [6, 6.07) is 0.763. The topological polar surface area (TPSA) is 53.2 Å². The first-order valence-corrected chi connectivity index (χ1v) is 5.36. The van der Waals surface area contributed by atoms with Crippen molar-refractivity contribution >= 4 is 5.91 Å². The summed E-state index contributed by atoms with van der Waals surface area (Å²) in [5.41, 5.74) is 0. The molecule has 82 valence electrons. The molecular weight excluding hydrogens is 178 g/mol. The van der Waals surface area contributed by atoms with Crippen molar-refractivity contribution < 1.29 is 4.79 Å². The summed E-state index contributed by atoms with van der Waals surface area (Å²) in [5, 5.41) is 9.39. The van der Waals surface area contributed by atoms with Gasteiger partial charge in [0, 0.05) is 19.1 Å². The van der Waals surface area contributed by atoms with E-state index in [1.807, 2.05) is 6.92 Å². The molecule has 14 heavy (non-hydrogen) atoms. The maximum atomic E-state index is 11.3. The van der Waals surface area contributed by atoms with Crippen LogP contribution in [0.3, 0.4) is 0 Å². The first kappa shape index (κ1) is 11.5. The molecule has 0 aromatic heterocycles. The molecule has 0 aliphatic carbocycles. The van der Waals surface area contributed by atoms with Gasteiger partial charge in [0.05, 0.1) is 6.04 Å². The van der Waals surface area contributed by atoms with Crippen molar-refractivity contribution in [2.45, 2.75) is 44.8 Å². The van der Waals surface area contributed by atoms with E-state index in [2.05, 4.69) is 22.9 Å². The Labute approximate surface area is 85.8 Å². The Morgan fingerprint density at radius 2 is 2.29 bits per heavy atom. The van der Waals surface area contributed by atoms with Crippen molar-refractivity contribution in [3.63, 3.8) is 0 Å². The van der Waals surface area contributed by atoms with Crippen LogP contribution in [0, 0.1) is 0 Å². The molecule has 0 spiro atoms. The minimum Gasteiger partial charge on any atom is -0.358 e. The van der Waals surface area contributed by atoms with E-state index in [9.17, 15) is 4.79 Å². The van der Waals surface area contributed by atoms with Gasteiger partial charge in [-0.15, -0.1) is 0 Å². The number of amides is 1. The number of hydrogen-bond acceptors (Lipinski definition) is 3. The highest BCUT2D eigenvalue weighted by Crippen LogP contribution is 2.08. The molecule has 1 fully saturated rings. The van der Waals surface area contributed by atoms with Crippen molar-refractivity contribution in [2.75, 3.05) is 13.6 Å². The van der Waals surface area contributed by atoms with E-state index >= 15 is 0 Å². The van der Waals surface area contributed by atoms with Gasteiger partial charge >= 0.3 is 0 Å². The lowest BCUT2D eigenvalue weighted by Gasteiger charge is -2.32. The quantitative estimate of drug-likeness (QED) is 0.592. The molecule has 0 aromatic carbocycles. The predicted molar refractivity (Wildman–Crippen MR) is 57.2 cm³/mol. The fourth-order valence-corrected chi connectivity index (χ4v) is 1.88. The Bertz CT molecular complexity index is 196. The molecule has 1 aliphatic rings. The zero-order valence-electron chi connectivity index (χ0n) is 9.26. The fourth-order valence-electron chi connectivity index (χ4n) is 1.88. The summed E-state index contributed by atoms with van der Waals surface area (Å²) in [6.07, 6.45) is 2.33. The number of hydrogen-bond donors (Lipinski definition) is 3. The van der Waals surface area contributed by atoms with Gasteiger partial charge in [-0.25, -0.2) is 0 Å². The first-order chi connectivity index (χ1) is 6.65. The van der Waals surface area contributed by atoms with Gasteiger partial charge in [-0.2, -0.15) is 0 Å². The molecule has 0 aromatic rings. The van der Waals surface area contributed by atoms with Gasteiger partial charge in [-0.05, 0) is 33.2 Å². The van der Waals surface area contributed by atoms with Gasteiger partial charge in [0.15, 0.2) is 0 Å². The van der Waals surface area contributed by atoms with Gasteiger partial charge in [-0.3, -0.25) is 4.79 Å². The predicted octanol–water partition coefficient (Wildman–Crippen LogP) is -0.149. The van der Waals surface area contributed by atoms with Gasteiger partial charge in [0.2, 0.25) is 5.91 Å². The van der Waals surface area contributed by atoms with Gasteiger partial charge < -0.3 is 16.0 Å². The molecular formula is C10H21N3O. The third-order valence-corrected chi connectivity index (χ3v) is 2.87. The number of likely N-dealkylation sites (N-methyl/N-ethyl adjacent to an activating group) is 1.